The number of hydrogen-bond donors (Lipinski definition) is 3. The lowest BCUT2D eigenvalue weighted by atomic mass is 10.2. The highest BCUT2D eigenvalue weighted by atomic mass is 16.5. The van der Waals surface area contributed by atoms with Crippen LogP contribution in [-0.2, 0) is 11.3 Å². The number of rotatable bonds is 6. The maximum Gasteiger partial charge on any atom is 0.158 e. The fourth-order valence-electron chi connectivity index (χ4n) is 1.71. The van der Waals surface area contributed by atoms with E-state index in [0.29, 0.717) is 36.2 Å². The molecule has 21 heavy (non-hydrogen) atoms. The number of ether oxygens (including phenoxy) is 1. The number of nitriles is 1. The standard InChI is InChI=1S/C14H16N6O/c1-2-21-9-14-18-12(7-13(19-14)20-16)17-11-5-3-4-10(6-11)8-15/h3-7H,2,9,16H2,1H3,(H2,17,18,19,20). The summed E-state index contributed by atoms with van der Waals surface area (Å²) in [5.41, 5.74) is 3.83. The van der Waals surface area contributed by atoms with Crippen molar-refractivity contribution >= 4 is 17.3 Å². The van der Waals surface area contributed by atoms with Gasteiger partial charge in [-0.1, -0.05) is 6.07 Å². The first-order chi connectivity index (χ1) is 10.2. The Kier molecular flexibility index (Phi) is 5.04. The van der Waals surface area contributed by atoms with Gasteiger partial charge in [-0.3, -0.25) is 0 Å². The zero-order chi connectivity index (χ0) is 15.1. The monoisotopic (exact) mass is 284 g/mol. The van der Waals surface area contributed by atoms with Gasteiger partial charge in [-0.05, 0) is 25.1 Å². The minimum atomic E-state index is 0.304. The van der Waals surface area contributed by atoms with Crippen LogP contribution in [-0.4, -0.2) is 16.6 Å². The molecule has 7 heteroatoms. The van der Waals surface area contributed by atoms with Crippen molar-refractivity contribution in [2.24, 2.45) is 5.84 Å². The van der Waals surface area contributed by atoms with E-state index in [1.54, 1.807) is 24.3 Å². The van der Waals surface area contributed by atoms with Crippen LogP contribution in [0, 0.1) is 11.3 Å². The molecule has 0 fully saturated rings. The van der Waals surface area contributed by atoms with Crippen molar-refractivity contribution in [2.75, 3.05) is 17.3 Å². The predicted molar refractivity (Wildman–Crippen MR) is 79.6 cm³/mol. The molecule has 1 aromatic carbocycles. The molecule has 0 saturated heterocycles. The van der Waals surface area contributed by atoms with Crippen molar-refractivity contribution in [1.82, 2.24) is 9.97 Å². The Bertz CT molecular complexity index is 652. The molecular formula is C14H16N6O. The average Bonchev–Trinajstić information content (AvgIpc) is 2.52. The van der Waals surface area contributed by atoms with Crippen LogP contribution >= 0.6 is 0 Å². The molecule has 2 rings (SSSR count). The van der Waals surface area contributed by atoms with Crippen molar-refractivity contribution in [1.29, 1.82) is 5.26 Å². The number of anilines is 3. The van der Waals surface area contributed by atoms with E-state index in [1.165, 1.54) is 0 Å². The lowest BCUT2D eigenvalue weighted by Crippen LogP contribution is -2.12. The van der Waals surface area contributed by atoms with Gasteiger partial charge in [0.1, 0.15) is 18.2 Å². The summed E-state index contributed by atoms with van der Waals surface area (Å²) in [5, 5.41) is 12.0. The summed E-state index contributed by atoms with van der Waals surface area (Å²) in [7, 11) is 0. The van der Waals surface area contributed by atoms with Crippen molar-refractivity contribution in [2.45, 2.75) is 13.5 Å². The molecular weight excluding hydrogens is 268 g/mol. The van der Waals surface area contributed by atoms with E-state index in [4.69, 9.17) is 15.8 Å². The van der Waals surface area contributed by atoms with Crippen molar-refractivity contribution < 1.29 is 4.74 Å². The highest BCUT2D eigenvalue weighted by Crippen LogP contribution is 2.18. The molecule has 0 unspecified atom stereocenters. The van der Waals surface area contributed by atoms with E-state index >= 15 is 0 Å². The Labute approximate surface area is 122 Å². The fourth-order valence-corrected chi connectivity index (χ4v) is 1.71. The van der Waals surface area contributed by atoms with Gasteiger partial charge in [-0.2, -0.15) is 5.26 Å². The van der Waals surface area contributed by atoms with Crippen molar-refractivity contribution in [3.8, 4) is 6.07 Å². The van der Waals surface area contributed by atoms with E-state index in [9.17, 15) is 0 Å². The topological polar surface area (TPSA) is 109 Å². The molecule has 0 radical (unpaired) electrons. The summed E-state index contributed by atoms with van der Waals surface area (Å²) in [6.45, 7) is 2.78. The van der Waals surface area contributed by atoms with Gasteiger partial charge in [0.15, 0.2) is 5.82 Å². The van der Waals surface area contributed by atoms with Gasteiger partial charge in [0.05, 0.1) is 11.6 Å². The van der Waals surface area contributed by atoms with Crippen LogP contribution in [0.15, 0.2) is 30.3 Å². The predicted octanol–water partition coefficient (Wildman–Crippen LogP) is 1.91. The van der Waals surface area contributed by atoms with E-state index in [-0.39, 0.29) is 0 Å². The normalized spacial score (nSPS) is 9.95. The first kappa shape index (κ1) is 14.7. The van der Waals surface area contributed by atoms with E-state index in [1.807, 2.05) is 13.0 Å². The molecule has 4 N–H and O–H groups in total. The van der Waals surface area contributed by atoms with Gasteiger partial charge in [0.25, 0.3) is 0 Å². The maximum atomic E-state index is 8.91. The number of hydrogen-bond acceptors (Lipinski definition) is 7. The van der Waals surface area contributed by atoms with E-state index in [0.717, 1.165) is 5.69 Å². The maximum absolute atomic E-state index is 8.91. The highest BCUT2D eigenvalue weighted by molar-refractivity contribution is 5.60. The molecule has 7 nitrogen and oxygen atoms in total. The zero-order valence-electron chi connectivity index (χ0n) is 11.6. The van der Waals surface area contributed by atoms with E-state index in [2.05, 4.69) is 26.8 Å². The lowest BCUT2D eigenvalue weighted by Gasteiger charge is -2.10. The highest BCUT2D eigenvalue weighted by Gasteiger charge is 2.05. The summed E-state index contributed by atoms with van der Waals surface area (Å²) in [4.78, 5) is 8.54. The summed E-state index contributed by atoms with van der Waals surface area (Å²) >= 11 is 0. The largest absolute Gasteiger partial charge is 0.374 e. The Balaban J connectivity index is 2.23. The number of nitrogen functional groups attached to an aromatic ring is 1. The number of hydrazine groups is 1. The minimum absolute atomic E-state index is 0.304. The Hall–Kier alpha value is -2.69. The molecule has 2 aromatic rings. The van der Waals surface area contributed by atoms with Crippen LogP contribution < -0.4 is 16.6 Å². The molecule has 0 aliphatic rings. The second-order valence-electron chi connectivity index (χ2n) is 4.15. The second kappa shape index (κ2) is 7.19. The quantitative estimate of drug-likeness (QED) is 0.549. The average molecular weight is 284 g/mol. The van der Waals surface area contributed by atoms with Crippen molar-refractivity contribution in [3.63, 3.8) is 0 Å². The van der Waals surface area contributed by atoms with Crippen LogP contribution in [0.25, 0.3) is 0 Å². The van der Waals surface area contributed by atoms with Gasteiger partial charge in [-0.25, -0.2) is 15.8 Å². The third kappa shape index (κ3) is 4.14. The second-order valence-corrected chi connectivity index (χ2v) is 4.15. The lowest BCUT2D eigenvalue weighted by molar-refractivity contribution is 0.128. The first-order valence-corrected chi connectivity index (χ1v) is 6.44. The minimum Gasteiger partial charge on any atom is -0.374 e. The van der Waals surface area contributed by atoms with Gasteiger partial charge in [0, 0.05) is 18.4 Å². The number of nitrogens with one attached hydrogen (secondary N) is 2. The van der Waals surface area contributed by atoms with Gasteiger partial charge in [0.2, 0.25) is 0 Å². The molecule has 1 heterocycles. The Morgan fingerprint density at radius 1 is 1.29 bits per heavy atom. The van der Waals surface area contributed by atoms with Crippen LogP contribution in [0.4, 0.5) is 17.3 Å². The Morgan fingerprint density at radius 3 is 2.81 bits per heavy atom. The number of aromatic nitrogens is 2. The summed E-state index contributed by atoms with van der Waals surface area (Å²) in [6, 6.07) is 10.9. The molecule has 0 aliphatic heterocycles. The van der Waals surface area contributed by atoms with Gasteiger partial charge < -0.3 is 15.5 Å². The summed E-state index contributed by atoms with van der Waals surface area (Å²) in [6.07, 6.45) is 0. The number of benzene rings is 1. The third-order valence-corrected chi connectivity index (χ3v) is 2.62. The van der Waals surface area contributed by atoms with E-state index < -0.39 is 0 Å². The van der Waals surface area contributed by atoms with Gasteiger partial charge in [-0.15, -0.1) is 0 Å². The van der Waals surface area contributed by atoms with Crippen LogP contribution in [0.5, 0.6) is 0 Å². The number of nitrogens with two attached hydrogens (primary N) is 1. The van der Waals surface area contributed by atoms with Gasteiger partial charge >= 0.3 is 0 Å². The molecule has 108 valence electrons. The molecule has 0 saturated carbocycles. The zero-order valence-corrected chi connectivity index (χ0v) is 11.6. The molecule has 0 spiro atoms. The van der Waals surface area contributed by atoms with Crippen molar-refractivity contribution in [3.05, 3.63) is 41.7 Å². The molecule has 0 amide bonds. The fraction of sp³-hybridized carbons (Fsp3) is 0.214. The third-order valence-electron chi connectivity index (χ3n) is 2.62. The molecule has 0 atom stereocenters. The Morgan fingerprint density at radius 2 is 2.10 bits per heavy atom. The summed E-state index contributed by atoms with van der Waals surface area (Å²) < 4.78 is 5.30. The molecule has 0 aliphatic carbocycles. The SMILES string of the molecule is CCOCc1nc(NN)cc(Nc2cccc(C#N)c2)n1. The molecule has 0 bridgehead atoms. The number of nitrogens with zero attached hydrogens (tertiary/aromatic N) is 3. The first-order valence-electron chi connectivity index (χ1n) is 6.44. The smallest absolute Gasteiger partial charge is 0.158 e. The summed E-state index contributed by atoms with van der Waals surface area (Å²) in [5.74, 6) is 6.98. The van der Waals surface area contributed by atoms with Crippen LogP contribution in [0.1, 0.15) is 18.3 Å². The molecule has 1 aromatic heterocycles. The van der Waals surface area contributed by atoms with Crippen LogP contribution in [0.3, 0.4) is 0 Å². The van der Waals surface area contributed by atoms with Crippen LogP contribution in [0.2, 0.25) is 0 Å².